The number of hydrogen-bond donors (Lipinski definition) is 1. The number of non-ortho nitro benzene ring substituents is 1. The Kier molecular flexibility index (Phi) is 4.17. The second-order valence-corrected chi connectivity index (χ2v) is 5.14. The summed E-state index contributed by atoms with van der Waals surface area (Å²) in [6, 6.07) is 3.20. The fourth-order valence-corrected chi connectivity index (χ4v) is 2.40. The fourth-order valence-electron chi connectivity index (χ4n) is 2.40. The van der Waals surface area contributed by atoms with Gasteiger partial charge in [0.1, 0.15) is 12.4 Å². The summed E-state index contributed by atoms with van der Waals surface area (Å²) in [6.45, 7) is 0.143. The molecule has 0 radical (unpaired) electrons. The average Bonchev–Trinajstić information content (AvgIpc) is 2.83. The summed E-state index contributed by atoms with van der Waals surface area (Å²) in [6.07, 6.45) is 0.764. The Morgan fingerprint density at radius 2 is 2.05 bits per heavy atom. The van der Waals surface area contributed by atoms with E-state index in [1.807, 2.05) is 0 Å². The lowest BCUT2D eigenvalue weighted by molar-refractivity contribution is -0.385. The molecule has 1 aromatic carbocycles. The van der Waals surface area contributed by atoms with Crippen molar-refractivity contribution in [3.63, 3.8) is 0 Å². The number of alkyl halides is 2. The lowest BCUT2D eigenvalue weighted by Crippen LogP contribution is -2.42. The van der Waals surface area contributed by atoms with Crippen molar-refractivity contribution >= 4 is 5.69 Å². The lowest BCUT2D eigenvalue weighted by Gasteiger charge is -2.24. The van der Waals surface area contributed by atoms with E-state index in [1.165, 1.54) is 6.07 Å². The molecule has 2 N–H and O–H groups in total. The van der Waals surface area contributed by atoms with Gasteiger partial charge >= 0.3 is 0 Å². The zero-order chi connectivity index (χ0) is 14.8. The fraction of sp³-hybridized carbons (Fsp3) is 0.538. The maximum atomic E-state index is 12.9. The second-order valence-electron chi connectivity index (χ2n) is 5.14. The molecule has 0 atom stereocenters. The summed E-state index contributed by atoms with van der Waals surface area (Å²) >= 11 is 0. The van der Waals surface area contributed by atoms with Gasteiger partial charge < -0.3 is 10.5 Å². The first kappa shape index (κ1) is 14.6. The van der Waals surface area contributed by atoms with Crippen molar-refractivity contribution in [2.45, 2.75) is 37.6 Å². The number of ether oxygens (including phenoxy) is 1. The van der Waals surface area contributed by atoms with Crippen LogP contribution in [-0.4, -0.2) is 17.1 Å². The number of nitro groups is 1. The highest BCUT2D eigenvalue weighted by molar-refractivity contribution is 5.44. The van der Waals surface area contributed by atoms with E-state index in [0.717, 1.165) is 37.8 Å². The van der Waals surface area contributed by atoms with Gasteiger partial charge in [0.05, 0.1) is 16.0 Å². The van der Waals surface area contributed by atoms with Crippen LogP contribution in [0.3, 0.4) is 0 Å². The van der Waals surface area contributed by atoms with Gasteiger partial charge in [-0.3, -0.25) is 10.1 Å². The van der Waals surface area contributed by atoms with Crippen LogP contribution in [0, 0.1) is 10.1 Å². The average molecular weight is 286 g/mol. The summed E-state index contributed by atoms with van der Waals surface area (Å²) in [5.41, 5.74) is 4.76. The van der Waals surface area contributed by atoms with Gasteiger partial charge in [-0.05, 0) is 18.9 Å². The molecule has 0 aromatic heterocycles. The van der Waals surface area contributed by atoms with Crippen molar-refractivity contribution in [1.29, 1.82) is 0 Å². The van der Waals surface area contributed by atoms with Crippen molar-refractivity contribution in [3.8, 4) is 5.75 Å². The molecule has 0 amide bonds. The maximum absolute atomic E-state index is 12.9. The summed E-state index contributed by atoms with van der Waals surface area (Å²) < 4.78 is 31.3. The van der Waals surface area contributed by atoms with E-state index in [9.17, 15) is 18.9 Å². The van der Waals surface area contributed by atoms with E-state index in [-0.39, 0.29) is 18.0 Å². The van der Waals surface area contributed by atoms with Crippen molar-refractivity contribution in [2.24, 2.45) is 5.73 Å². The maximum Gasteiger partial charge on any atom is 0.270 e. The van der Waals surface area contributed by atoms with Gasteiger partial charge in [0.15, 0.2) is 0 Å². The molecule has 1 aliphatic carbocycles. The summed E-state index contributed by atoms with van der Waals surface area (Å²) in [5, 5.41) is 10.6. The number of rotatable bonds is 5. The quantitative estimate of drug-likeness (QED) is 0.666. The van der Waals surface area contributed by atoms with Crippen molar-refractivity contribution < 1.29 is 18.4 Å². The second kappa shape index (κ2) is 5.70. The molecule has 0 saturated heterocycles. The molecule has 0 aliphatic heterocycles. The largest absolute Gasteiger partial charge is 0.491 e. The van der Waals surface area contributed by atoms with Crippen molar-refractivity contribution in [2.75, 3.05) is 6.61 Å². The van der Waals surface area contributed by atoms with Crippen LogP contribution in [0.25, 0.3) is 0 Å². The summed E-state index contributed by atoms with van der Waals surface area (Å²) in [7, 11) is 0. The third-order valence-electron chi connectivity index (χ3n) is 3.55. The third kappa shape index (κ3) is 3.22. The highest BCUT2D eigenvalue weighted by atomic mass is 19.3. The van der Waals surface area contributed by atoms with E-state index in [4.69, 9.17) is 10.5 Å². The molecule has 7 heteroatoms. The Hall–Kier alpha value is -1.76. The first-order valence-corrected chi connectivity index (χ1v) is 6.39. The molecule has 5 nitrogen and oxygen atoms in total. The number of nitrogens with zero attached hydrogens (tertiary/aromatic N) is 1. The third-order valence-corrected chi connectivity index (χ3v) is 3.55. The van der Waals surface area contributed by atoms with Crippen LogP contribution in [0.15, 0.2) is 18.2 Å². The topological polar surface area (TPSA) is 78.4 Å². The minimum Gasteiger partial charge on any atom is -0.491 e. The molecule has 1 saturated carbocycles. The van der Waals surface area contributed by atoms with Gasteiger partial charge in [0.2, 0.25) is 0 Å². The Balaban J connectivity index is 2.16. The predicted octanol–water partition coefficient (Wildman–Crippen LogP) is 3.18. The first-order chi connectivity index (χ1) is 9.41. The molecule has 0 bridgehead atoms. The number of nitrogens with two attached hydrogens (primary N) is 1. The predicted molar refractivity (Wildman–Crippen MR) is 68.9 cm³/mol. The molecule has 1 fully saturated rings. The van der Waals surface area contributed by atoms with Gasteiger partial charge in [-0.25, -0.2) is 8.78 Å². The highest BCUT2D eigenvalue weighted by Gasteiger charge is 2.31. The number of hydrogen-bond acceptors (Lipinski definition) is 4. The molecule has 1 aromatic rings. The van der Waals surface area contributed by atoms with Gasteiger partial charge in [0, 0.05) is 12.1 Å². The number of benzene rings is 1. The monoisotopic (exact) mass is 286 g/mol. The van der Waals surface area contributed by atoms with Crippen LogP contribution in [-0.2, 0) is 0 Å². The van der Waals surface area contributed by atoms with Crippen molar-refractivity contribution in [1.82, 2.24) is 0 Å². The zero-order valence-electron chi connectivity index (χ0n) is 10.9. The molecular formula is C13H16F2N2O3. The van der Waals surface area contributed by atoms with Crippen LogP contribution in [0.1, 0.15) is 37.7 Å². The van der Waals surface area contributed by atoms with Gasteiger partial charge in [-0.15, -0.1) is 0 Å². The highest BCUT2D eigenvalue weighted by Crippen LogP contribution is 2.34. The first-order valence-electron chi connectivity index (χ1n) is 6.39. The van der Waals surface area contributed by atoms with Crippen molar-refractivity contribution in [3.05, 3.63) is 33.9 Å². The van der Waals surface area contributed by atoms with E-state index >= 15 is 0 Å². The minimum atomic E-state index is -2.83. The Labute approximate surface area is 114 Å². The zero-order valence-corrected chi connectivity index (χ0v) is 10.9. The van der Waals surface area contributed by atoms with Crippen LogP contribution < -0.4 is 10.5 Å². The normalized spacial score (nSPS) is 17.4. The van der Waals surface area contributed by atoms with E-state index in [0.29, 0.717) is 0 Å². The lowest BCUT2D eigenvalue weighted by atomic mass is 10.0. The Morgan fingerprint density at radius 1 is 1.40 bits per heavy atom. The molecular weight excluding hydrogens is 270 g/mol. The van der Waals surface area contributed by atoms with Gasteiger partial charge in [-0.2, -0.15) is 0 Å². The molecule has 20 heavy (non-hydrogen) atoms. The molecule has 2 rings (SSSR count). The SMILES string of the molecule is NC1(COc2ccc([N+](=O)[O-])cc2C(F)F)CCCC1. The smallest absolute Gasteiger partial charge is 0.270 e. The van der Waals surface area contributed by atoms with Crippen LogP contribution in [0.5, 0.6) is 5.75 Å². The number of halogens is 2. The Bertz CT molecular complexity index is 502. The van der Waals surface area contributed by atoms with Crippen LogP contribution in [0.4, 0.5) is 14.5 Å². The van der Waals surface area contributed by atoms with Crippen LogP contribution >= 0.6 is 0 Å². The molecule has 0 heterocycles. The van der Waals surface area contributed by atoms with E-state index in [2.05, 4.69) is 0 Å². The Morgan fingerprint density at radius 3 is 2.60 bits per heavy atom. The van der Waals surface area contributed by atoms with Gasteiger partial charge in [-0.1, -0.05) is 12.8 Å². The summed E-state index contributed by atoms with van der Waals surface area (Å²) in [4.78, 5) is 9.89. The standard InChI is InChI=1S/C13H16F2N2O3/c14-12(15)10-7-9(17(18)19)3-4-11(10)20-8-13(16)5-1-2-6-13/h3-4,7,12H,1-2,5-6,8,16H2. The van der Waals surface area contributed by atoms with Crippen LogP contribution in [0.2, 0.25) is 0 Å². The molecule has 0 spiro atoms. The molecule has 0 unspecified atom stereocenters. The van der Waals surface area contributed by atoms with Gasteiger partial charge in [0.25, 0.3) is 12.1 Å². The summed E-state index contributed by atoms with van der Waals surface area (Å²) in [5.74, 6) is -0.0395. The number of nitro benzene ring substituents is 1. The molecule has 110 valence electrons. The molecule has 1 aliphatic rings. The van der Waals surface area contributed by atoms with E-state index < -0.39 is 22.5 Å². The van der Waals surface area contributed by atoms with E-state index in [1.54, 1.807) is 0 Å². The minimum absolute atomic E-state index is 0.0395.